The molecule has 0 atom stereocenters. The lowest BCUT2D eigenvalue weighted by molar-refractivity contribution is -0.132. The fraction of sp³-hybridized carbons (Fsp3) is 0.318. The first-order valence-electron chi connectivity index (χ1n) is 9.55. The summed E-state index contributed by atoms with van der Waals surface area (Å²) in [6, 6.07) is 13.6. The van der Waals surface area contributed by atoms with Gasteiger partial charge >= 0.3 is 0 Å². The third kappa shape index (κ3) is 4.57. The first-order valence-corrected chi connectivity index (χ1v) is 9.55. The summed E-state index contributed by atoms with van der Waals surface area (Å²) in [5.41, 5.74) is 0.704. The van der Waals surface area contributed by atoms with Crippen LogP contribution in [-0.2, 0) is 9.59 Å². The van der Waals surface area contributed by atoms with Crippen molar-refractivity contribution in [1.29, 1.82) is 0 Å². The Bertz CT molecular complexity index is 880. The van der Waals surface area contributed by atoms with Crippen LogP contribution in [0.15, 0.2) is 55.1 Å². The minimum Gasteiger partial charge on any atom is -0.353 e. The van der Waals surface area contributed by atoms with Gasteiger partial charge in [-0.15, -0.1) is 0 Å². The quantitative estimate of drug-likeness (QED) is 0.618. The second-order valence-electron chi connectivity index (χ2n) is 6.80. The molecule has 0 spiro atoms. The standard InChI is InChI=1S/C22H25N3O3/c1-2-20(26)23-12-6-11-21(27)24-13-15-25(16-14-24)22(28)19-10-5-8-17-7-3-4-9-18(17)19/h2-5,7-10H,1,6,11-16H2,(H,23,26). The number of hydrogen-bond donors (Lipinski definition) is 1. The lowest BCUT2D eigenvalue weighted by Gasteiger charge is -2.35. The maximum atomic E-state index is 13.0. The first kappa shape index (κ1) is 19.6. The number of amides is 3. The average molecular weight is 379 g/mol. The van der Waals surface area contributed by atoms with Gasteiger partial charge in [0.1, 0.15) is 0 Å². The van der Waals surface area contributed by atoms with Gasteiger partial charge in [-0.05, 0) is 29.3 Å². The van der Waals surface area contributed by atoms with Crippen LogP contribution < -0.4 is 5.32 Å². The highest BCUT2D eigenvalue weighted by atomic mass is 16.2. The van der Waals surface area contributed by atoms with E-state index in [1.165, 1.54) is 6.08 Å². The van der Waals surface area contributed by atoms with Crippen molar-refractivity contribution in [1.82, 2.24) is 15.1 Å². The van der Waals surface area contributed by atoms with Crippen LogP contribution in [0.1, 0.15) is 23.2 Å². The molecule has 0 saturated carbocycles. The van der Waals surface area contributed by atoms with E-state index in [2.05, 4.69) is 11.9 Å². The Morgan fingerprint density at radius 3 is 2.39 bits per heavy atom. The van der Waals surface area contributed by atoms with Crippen molar-refractivity contribution in [2.45, 2.75) is 12.8 Å². The lowest BCUT2D eigenvalue weighted by Crippen LogP contribution is -2.50. The molecule has 146 valence electrons. The first-order chi connectivity index (χ1) is 13.6. The summed E-state index contributed by atoms with van der Waals surface area (Å²) in [5.74, 6) is -0.158. The third-order valence-electron chi connectivity index (χ3n) is 4.99. The molecule has 6 heteroatoms. The molecular formula is C22H25N3O3. The van der Waals surface area contributed by atoms with Crippen LogP contribution in [0, 0.1) is 0 Å². The minimum absolute atomic E-state index is 0.0102. The molecule has 1 fully saturated rings. The van der Waals surface area contributed by atoms with E-state index < -0.39 is 0 Å². The van der Waals surface area contributed by atoms with Crippen LogP contribution in [0.3, 0.4) is 0 Å². The van der Waals surface area contributed by atoms with Gasteiger partial charge in [0.25, 0.3) is 5.91 Å². The van der Waals surface area contributed by atoms with Gasteiger partial charge in [0.15, 0.2) is 0 Å². The van der Waals surface area contributed by atoms with Gasteiger partial charge in [-0.3, -0.25) is 14.4 Å². The summed E-state index contributed by atoms with van der Waals surface area (Å²) in [4.78, 5) is 40.0. The van der Waals surface area contributed by atoms with Gasteiger partial charge in [-0.2, -0.15) is 0 Å². The van der Waals surface area contributed by atoms with Crippen LogP contribution in [0.4, 0.5) is 0 Å². The van der Waals surface area contributed by atoms with Gasteiger partial charge in [-0.25, -0.2) is 0 Å². The molecule has 1 saturated heterocycles. The zero-order valence-electron chi connectivity index (χ0n) is 15.9. The normalized spacial score (nSPS) is 14.0. The molecule has 2 aromatic rings. The molecule has 0 bridgehead atoms. The van der Waals surface area contributed by atoms with Gasteiger partial charge in [0.2, 0.25) is 11.8 Å². The highest BCUT2D eigenvalue weighted by Crippen LogP contribution is 2.20. The molecule has 1 N–H and O–H groups in total. The van der Waals surface area contributed by atoms with Crippen molar-refractivity contribution in [3.8, 4) is 0 Å². The number of rotatable bonds is 6. The molecule has 0 aromatic heterocycles. The minimum atomic E-state index is -0.229. The second kappa shape index (κ2) is 9.17. The van der Waals surface area contributed by atoms with Crippen LogP contribution in [0.25, 0.3) is 10.8 Å². The number of fused-ring (bicyclic) bond motifs is 1. The summed E-state index contributed by atoms with van der Waals surface area (Å²) >= 11 is 0. The maximum absolute atomic E-state index is 13.0. The molecule has 3 rings (SSSR count). The molecule has 2 aromatic carbocycles. The average Bonchev–Trinajstić information content (AvgIpc) is 2.75. The van der Waals surface area contributed by atoms with E-state index in [0.29, 0.717) is 51.1 Å². The Morgan fingerprint density at radius 2 is 1.64 bits per heavy atom. The summed E-state index contributed by atoms with van der Waals surface area (Å²) in [5, 5.41) is 4.67. The molecule has 6 nitrogen and oxygen atoms in total. The summed E-state index contributed by atoms with van der Waals surface area (Å²) in [7, 11) is 0. The molecule has 1 aliphatic heterocycles. The fourth-order valence-electron chi connectivity index (χ4n) is 3.42. The Hall–Kier alpha value is -3.15. The number of carbonyl (C=O) groups excluding carboxylic acids is 3. The van der Waals surface area contributed by atoms with Crippen molar-refractivity contribution < 1.29 is 14.4 Å². The van der Waals surface area contributed by atoms with E-state index in [9.17, 15) is 14.4 Å². The predicted octanol–water partition coefficient (Wildman–Crippen LogP) is 2.21. The smallest absolute Gasteiger partial charge is 0.254 e. The Kier molecular flexibility index (Phi) is 6.42. The molecular weight excluding hydrogens is 354 g/mol. The van der Waals surface area contributed by atoms with Gasteiger partial charge in [-0.1, -0.05) is 43.0 Å². The summed E-state index contributed by atoms with van der Waals surface area (Å²) in [6.45, 7) is 5.97. The lowest BCUT2D eigenvalue weighted by atomic mass is 10.0. The maximum Gasteiger partial charge on any atom is 0.254 e. The SMILES string of the molecule is C=CC(=O)NCCCC(=O)N1CCN(C(=O)c2cccc3ccccc23)CC1. The van der Waals surface area contributed by atoms with E-state index in [4.69, 9.17) is 0 Å². The van der Waals surface area contributed by atoms with Crippen molar-refractivity contribution in [2.24, 2.45) is 0 Å². The second-order valence-corrected chi connectivity index (χ2v) is 6.80. The Morgan fingerprint density at radius 1 is 0.964 bits per heavy atom. The molecule has 1 heterocycles. The van der Waals surface area contributed by atoms with E-state index >= 15 is 0 Å². The number of carbonyl (C=O) groups is 3. The number of nitrogens with one attached hydrogen (secondary N) is 1. The highest BCUT2D eigenvalue weighted by Gasteiger charge is 2.25. The summed E-state index contributed by atoms with van der Waals surface area (Å²) < 4.78 is 0. The van der Waals surface area contributed by atoms with Crippen LogP contribution in [0.5, 0.6) is 0 Å². The number of piperazine rings is 1. The highest BCUT2D eigenvalue weighted by molar-refractivity contribution is 6.07. The van der Waals surface area contributed by atoms with Gasteiger partial charge in [0, 0.05) is 44.7 Å². The monoisotopic (exact) mass is 379 g/mol. The molecule has 0 aliphatic carbocycles. The predicted molar refractivity (Wildman–Crippen MR) is 109 cm³/mol. The third-order valence-corrected chi connectivity index (χ3v) is 4.99. The van der Waals surface area contributed by atoms with Crippen molar-refractivity contribution in [2.75, 3.05) is 32.7 Å². The van der Waals surface area contributed by atoms with Crippen molar-refractivity contribution in [3.63, 3.8) is 0 Å². The Labute approximate surface area is 164 Å². The molecule has 0 radical (unpaired) electrons. The zero-order valence-corrected chi connectivity index (χ0v) is 15.9. The molecule has 0 unspecified atom stereocenters. The van der Waals surface area contributed by atoms with Crippen molar-refractivity contribution >= 4 is 28.5 Å². The fourth-order valence-corrected chi connectivity index (χ4v) is 3.42. The van der Waals surface area contributed by atoms with E-state index in [1.807, 2.05) is 47.4 Å². The van der Waals surface area contributed by atoms with Gasteiger partial charge < -0.3 is 15.1 Å². The number of nitrogens with zero attached hydrogens (tertiary/aromatic N) is 2. The molecule has 1 aliphatic rings. The van der Waals surface area contributed by atoms with Crippen LogP contribution >= 0.6 is 0 Å². The number of benzene rings is 2. The van der Waals surface area contributed by atoms with Crippen LogP contribution in [-0.4, -0.2) is 60.2 Å². The van der Waals surface area contributed by atoms with Gasteiger partial charge in [0.05, 0.1) is 0 Å². The van der Waals surface area contributed by atoms with E-state index in [-0.39, 0.29) is 17.7 Å². The van der Waals surface area contributed by atoms with E-state index in [1.54, 1.807) is 4.90 Å². The largest absolute Gasteiger partial charge is 0.353 e. The zero-order chi connectivity index (χ0) is 19.9. The summed E-state index contributed by atoms with van der Waals surface area (Å²) in [6.07, 6.45) is 2.19. The van der Waals surface area contributed by atoms with E-state index in [0.717, 1.165) is 10.8 Å². The topological polar surface area (TPSA) is 69.7 Å². The Balaban J connectivity index is 1.52. The van der Waals surface area contributed by atoms with Crippen LogP contribution in [0.2, 0.25) is 0 Å². The molecule has 28 heavy (non-hydrogen) atoms. The van der Waals surface area contributed by atoms with Crippen molar-refractivity contribution in [3.05, 3.63) is 60.7 Å². The molecule has 3 amide bonds. The number of hydrogen-bond acceptors (Lipinski definition) is 3.